The first kappa shape index (κ1) is 42.6. The van der Waals surface area contributed by atoms with Crippen molar-refractivity contribution in [1.82, 2.24) is 49.9 Å². The van der Waals surface area contributed by atoms with Crippen molar-refractivity contribution in [2.75, 3.05) is 20.3 Å². The molecule has 0 aliphatic rings. The maximum Gasteiger partial charge on any atom is 0.322 e. The summed E-state index contributed by atoms with van der Waals surface area (Å²) in [5.74, 6) is 1.04. The third kappa shape index (κ3) is 10.4. The number of nitrogens with zero attached hydrogens (tertiary/aromatic N) is 10. The lowest BCUT2D eigenvalue weighted by molar-refractivity contribution is 0.0789. The van der Waals surface area contributed by atoms with E-state index in [9.17, 15) is 8.78 Å². The zero-order valence-electron chi connectivity index (χ0n) is 34.4. The fourth-order valence-electron chi connectivity index (χ4n) is 6.02. The first-order valence-corrected chi connectivity index (χ1v) is 19.7. The lowest BCUT2D eigenvalue weighted by Crippen LogP contribution is -2.07. The van der Waals surface area contributed by atoms with Crippen LogP contribution in [-0.2, 0) is 29.4 Å². The van der Waals surface area contributed by atoms with Crippen LogP contribution in [0, 0.1) is 11.6 Å². The highest BCUT2D eigenvalue weighted by Gasteiger charge is 2.21. The Morgan fingerprint density at radius 3 is 1.50 bits per heavy atom. The summed E-state index contributed by atoms with van der Waals surface area (Å²) in [7, 11) is 1.56. The molecule has 8 aromatic rings. The van der Waals surface area contributed by atoms with Crippen molar-refractivity contribution in [3.63, 3.8) is 0 Å². The summed E-state index contributed by atoms with van der Waals surface area (Å²) in [5, 5.41) is 17.0. The normalized spacial score (nSPS) is 10.9. The van der Waals surface area contributed by atoms with Crippen LogP contribution in [0.5, 0.6) is 29.3 Å². The molecule has 0 atom stereocenters. The van der Waals surface area contributed by atoms with Crippen LogP contribution in [-0.4, -0.2) is 70.2 Å². The highest BCUT2D eigenvalue weighted by Crippen LogP contribution is 2.34. The highest BCUT2D eigenvalue weighted by molar-refractivity contribution is 5.77. The maximum absolute atomic E-state index is 13.4. The van der Waals surface area contributed by atoms with Crippen molar-refractivity contribution in [2.24, 2.45) is 0 Å². The van der Waals surface area contributed by atoms with Gasteiger partial charge in [-0.05, 0) is 111 Å². The SMILES string of the molecule is CCOCn1nnc(-c2ccc(F)cc2)c1-c1ccnc(Oc2ccc(CC)cc2)n1.CCOCn1nnc(-c2ccc(F)cc2)c1-c1ccnc(Oc2ccccc2OC)n1. The Kier molecular flexibility index (Phi) is 14.2. The maximum atomic E-state index is 13.4. The Morgan fingerprint density at radius 1 is 0.548 bits per heavy atom. The van der Waals surface area contributed by atoms with E-state index in [0.717, 1.165) is 12.0 Å². The molecule has 4 aromatic carbocycles. The third-order valence-electron chi connectivity index (χ3n) is 9.10. The monoisotopic (exact) mass is 840 g/mol. The Balaban J connectivity index is 0.000000186. The van der Waals surface area contributed by atoms with Gasteiger partial charge in [0.25, 0.3) is 0 Å². The molecule has 0 radical (unpaired) electrons. The lowest BCUT2D eigenvalue weighted by Gasteiger charge is -2.11. The molecule has 62 heavy (non-hydrogen) atoms. The molecule has 4 heterocycles. The van der Waals surface area contributed by atoms with Gasteiger partial charge in [-0.2, -0.15) is 9.97 Å². The second kappa shape index (κ2) is 20.7. The molecule has 0 saturated carbocycles. The van der Waals surface area contributed by atoms with E-state index in [-0.39, 0.29) is 37.1 Å². The molecule has 0 spiro atoms. The molecule has 0 saturated heterocycles. The lowest BCUT2D eigenvalue weighted by atomic mass is 10.1. The van der Waals surface area contributed by atoms with Crippen molar-refractivity contribution in [1.29, 1.82) is 0 Å². The van der Waals surface area contributed by atoms with E-state index >= 15 is 0 Å². The summed E-state index contributed by atoms with van der Waals surface area (Å²) in [6.07, 6.45) is 4.15. The van der Waals surface area contributed by atoms with E-state index in [1.165, 1.54) is 29.8 Å². The van der Waals surface area contributed by atoms with Gasteiger partial charge in [-0.25, -0.2) is 28.1 Å². The van der Waals surface area contributed by atoms with Gasteiger partial charge in [0.15, 0.2) is 11.5 Å². The number of para-hydroxylation sites is 2. The number of hydrogen-bond donors (Lipinski definition) is 0. The molecule has 8 rings (SSSR count). The van der Waals surface area contributed by atoms with E-state index in [0.29, 0.717) is 70.2 Å². The molecule has 0 amide bonds. The fraction of sp³-hybridized carbons (Fsp3) is 0.200. The van der Waals surface area contributed by atoms with Crippen LogP contribution in [0.2, 0.25) is 0 Å². The molecule has 15 nitrogen and oxygen atoms in total. The van der Waals surface area contributed by atoms with Gasteiger partial charge in [0.2, 0.25) is 0 Å². The Morgan fingerprint density at radius 2 is 1.03 bits per heavy atom. The summed E-state index contributed by atoms with van der Waals surface area (Å²) in [6, 6.07) is 30.9. The number of aryl methyl sites for hydroxylation is 1. The van der Waals surface area contributed by atoms with Crippen LogP contribution < -0.4 is 14.2 Å². The van der Waals surface area contributed by atoms with Gasteiger partial charge in [-0.15, -0.1) is 10.2 Å². The van der Waals surface area contributed by atoms with Crippen LogP contribution in [0.1, 0.15) is 26.3 Å². The molecular formula is C45H42F2N10O5. The molecule has 0 aliphatic carbocycles. The largest absolute Gasteiger partial charge is 0.493 e. The van der Waals surface area contributed by atoms with Crippen LogP contribution in [0.25, 0.3) is 45.3 Å². The molecular weight excluding hydrogens is 799 g/mol. The van der Waals surface area contributed by atoms with Crippen molar-refractivity contribution in [2.45, 2.75) is 40.7 Å². The van der Waals surface area contributed by atoms with Crippen molar-refractivity contribution in [3.05, 3.63) is 139 Å². The summed E-state index contributed by atoms with van der Waals surface area (Å²) >= 11 is 0. The van der Waals surface area contributed by atoms with Crippen molar-refractivity contribution >= 4 is 0 Å². The first-order chi connectivity index (χ1) is 30.4. The highest BCUT2D eigenvalue weighted by atomic mass is 19.1. The summed E-state index contributed by atoms with van der Waals surface area (Å²) < 4.78 is 58.1. The number of benzene rings is 4. The van der Waals surface area contributed by atoms with Gasteiger partial charge in [0.1, 0.15) is 53.6 Å². The van der Waals surface area contributed by atoms with Gasteiger partial charge in [-0.1, -0.05) is 41.6 Å². The molecule has 316 valence electrons. The predicted molar refractivity (Wildman–Crippen MR) is 225 cm³/mol. The second-order valence-electron chi connectivity index (χ2n) is 13.1. The molecule has 0 fully saturated rings. The molecule has 0 unspecified atom stereocenters. The first-order valence-electron chi connectivity index (χ1n) is 19.7. The zero-order chi connectivity index (χ0) is 43.3. The molecule has 0 N–H and O–H groups in total. The molecule has 0 bridgehead atoms. The topological polar surface area (TPSA) is 159 Å². The number of methoxy groups -OCH3 is 1. The van der Waals surface area contributed by atoms with Gasteiger partial charge < -0.3 is 23.7 Å². The summed E-state index contributed by atoms with van der Waals surface area (Å²) in [4.78, 5) is 17.5. The summed E-state index contributed by atoms with van der Waals surface area (Å²) in [6.45, 7) is 7.32. The minimum absolute atomic E-state index is 0.135. The van der Waals surface area contributed by atoms with Crippen molar-refractivity contribution < 1.29 is 32.5 Å². The number of ether oxygens (including phenoxy) is 5. The number of halogens is 2. The van der Waals surface area contributed by atoms with E-state index < -0.39 is 0 Å². The van der Waals surface area contributed by atoms with E-state index in [2.05, 4.69) is 47.5 Å². The number of hydrogen-bond acceptors (Lipinski definition) is 13. The third-order valence-corrected chi connectivity index (χ3v) is 9.10. The summed E-state index contributed by atoms with van der Waals surface area (Å²) in [5.41, 5.74) is 6.08. The van der Waals surface area contributed by atoms with Gasteiger partial charge in [0.05, 0.1) is 18.5 Å². The standard InChI is InChI=1S/C23H22FN5O2.C22H20FN5O3/c1-3-16-5-11-19(12-6-16)31-23-25-14-13-20(26-23)22-21(17-7-9-18(24)10-8-17)27-28-29(22)15-30-4-2;1-3-30-14-28-21(20(26-27-28)15-8-10-16(23)11-9-15)17-12-13-24-22(25-17)31-19-7-5-4-6-18(19)29-2/h5-14H,3-4,15H2,1-2H3;4-13H,3,14H2,1-2H3. The minimum Gasteiger partial charge on any atom is -0.493 e. The van der Waals surface area contributed by atoms with Crippen LogP contribution in [0.4, 0.5) is 8.78 Å². The van der Waals surface area contributed by atoms with Gasteiger partial charge >= 0.3 is 12.0 Å². The molecule has 4 aromatic heterocycles. The molecule has 17 heteroatoms. The predicted octanol–water partition coefficient (Wildman–Crippen LogP) is 9.23. The average Bonchev–Trinajstić information content (AvgIpc) is 3.94. The second-order valence-corrected chi connectivity index (χ2v) is 13.1. The van der Waals surface area contributed by atoms with E-state index in [1.54, 1.807) is 77.4 Å². The average molecular weight is 841 g/mol. The quantitative estimate of drug-likeness (QED) is 0.0907. The van der Waals surface area contributed by atoms with E-state index in [1.807, 2.05) is 50.2 Å². The Bertz CT molecular complexity index is 2680. The van der Waals surface area contributed by atoms with Gasteiger partial charge in [0, 0.05) is 36.7 Å². The molecule has 0 aliphatic heterocycles. The Labute approximate surface area is 355 Å². The Hall–Kier alpha value is -7.50. The van der Waals surface area contributed by atoms with E-state index in [4.69, 9.17) is 23.7 Å². The smallest absolute Gasteiger partial charge is 0.322 e. The van der Waals surface area contributed by atoms with Crippen LogP contribution in [0.15, 0.2) is 122 Å². The number of rotatable bonds is 16. The van der Waals surface area contributed by atoms with Crippen LogP contribution in [0.3, 0.4) is 0 Å². The van der Waals surface area contributed by atoms with Crippen LogP contribution >= 0.6 is 0 Å². The minimum atomic E-state index is -0.332. The van der Waals surface area contributed by atoms with Crippen molar-refractivity contribution in [3.8, 4) is 74.6 Å². The fourth-order valence-corrected chi connectivity index (χ4v) is 6.02. The van der Waals surface area contributed by atoms with Gasteiger partial charge in [-0.3, -0.25) is 0 Å². The number of aromatic nitrogens is 10. The zero-order valence-corrected chi connectivity index (χ0v) is 34.4.